The Bertz CT molecular complexity index is 560. The first-order chi connectivity index (χ1) is 12.7. The number of carbonyl (C=O) groups excluding carboxylic acids is 1. The predicted octanol–water partition coefficient (Wildman–Crippen LogP) is 4.67. The van der Waals surface area contributed by atoms with Gasteiger partial charge in [0, 0.05) is 18.2 Å². The van der Waals surface area contributed by atoms with Gasteiger partial charge in [-0.3, -0.25) is 10.0 Å². The molecule has 2 aliphatic carbocycles. The molecule has 0 spiro atoms. The first-order valence-electron chi connectivity index (χ1n) is 10.4. The highest BCUT2D eigenvalue weighted by molar-refractivity contribution is 5.93. The van der Waals surface area contributed by atoms with Gasteiger partial charge < -0.3 is 5.32 Å². The molecule has 3 atom stereocenters. The minimum Gasteiger partial charge on any atom is -0.310 e. The molecule has 0 heterocycles. The van der Waals surface area contributed by atoms with Gasteiger partial charge in [-0.2, -0.15) is 0 Å². The molecule has 2 fully saturated rings. The van der Waals surface area contributed by atoms with Crippen molar-refractivity contribution in [2.75, 3.05) is 0 Å². The highest BCUT2D eigenvalue weighted by atomic mass is 16.5. The first kappa shape index (κ1) is 19.4. The second-order valence-electron chi connectivity index (χ2n) is 8.44. The van der Waals surface area contributed by atoms with Crippen LogP contribution in [0.15, 0.2) is 24.3 Å². The lowest BCUT2D eigenvalue weighted by molar-refractivity contribution is 0.0706. The summed E-state index contributed by atoms with van der Waals surface area (Å²) in [5.41, 5.74) is 3.32. The SMILES string of the molecule is CCC(CCC1CC2CCCC(C2)C1)NCc1ccc(C(=O)NO)cc1. The number of rotatable bonds is 8. The largest absolute Gasteiger partial charge is 0.310 e. The summed E-state index contributed by atoms with van der Waals surface area (Å²) in [7, 11) is 0. The lowest BCUT2D eigenvalue weighted by atomic mass is 9.67. The molecule has 0 aromatic heterocycles. The van der Waals surface area contributed by atoms with Crippen LogP contribution in [-0.4, -0.2) is 17.2 Å². The van der Waals surface area contributed by atoms with Crippen LogP contribution in [0.1, 0.15) is 80.6 Å². The van der Waals surface area contributed by atoms with E-state index in [2.05, 4.69) is 12.2 Å². The molecular formula is C22H34N2O2. The Balaban J connectivity index is 1.42. The molecule has 2 saturated carbocycles. The second-order valence-corrected chi connectivity index (χ2v) is 8.44. The molecule has 2 bridgehead atoms. The fourth-order valence-corrected chi connectivity index (χ4v) is 5.09. The molecule has 3 unspecified atom stereocenters. The smallest absolute Gasteiger partial charge is 0.274 e. The third-order valence-electron chi connectivity index (χ3n) is 6.55. The molecule has 26 heavy (non-hydrogen) atoms. The van der Waals surface area contributed by atoms with Crippen molar-refractivity contribution in [3.8, 4) is 0 Å². The van der Waals surface area contributed by atoms with Gasteiger partial charge in [0.2, 0.25) is 0 Å². The third-order valence-corrected chi connectivity index (χ3v) is 6.55. The van der Waals surface area contributed by atoms with Gasteiger partial charge >= 0.3 is 0 Å². The Morgan fingerprint density at radius 2 is 1.85 bits per heavy atom. The van der Waals surface area contributed by atoms with Gasteiger partial charge in [0.1, 0.15) is 0 Å². The van der Waals surface area contributed by atoms with E-state index in [0.29, 0.717) is 11.6 Å². The highest BCUT2D eigenvalue weighted by Gasteiger charge is 2.31. The van der Waals surface area contributed by atoms with Crippen molar-refractivity contribution in [1.82, 2.24) is 10.8 Å². The summed E-state index contributed by atoms with van der Waals surface area (Å²) < 4.78 is 0. The number of benzene rings is 1. The number of hydrogen-bond donors (Lipinski definition) is 3. The number of nitrogens with one attached hydrogen (secondary N) is 2. The molecule has 144 valence electrons. The van der Waals surface area contributed by atoms with E-state index in [0.717, 1.165) is 30.7 Å². The predicted molar refractivity (Wildman–Crippen MR) is 104 cm³/mol. The zero-order chi connectivity index (χ0) is 18.4. The van der Waals surface area contributed by atoms with Crippen molar-refractivity contribution in [3.05, 3.63) is 35.4 Å². The normalized spacial score (nSPS) is 26.3. The van der Waals surface area contributed by atoms with Crippen molar-refractivity contribution >= 4 is 5.91 Å². The monoisotopic (exact) mass is 358 g/mol. The minimum atomic E-state index is -0.465. The van der Waals surface area contributed by atoms with E-state index in [9.17, 15) is 4.79 Å². The van der Waals surface area contributed by atoms with Crippen LogP contribution in [0.3, 0.4) is 0 Å². The summed E-state index contributed by atoms with van der Waals surface area (Å²) in [4.78, 5) is 11.4. The lowest BCUT2D eigenvalue weighted by Crippen LogP contribution is -2.31. The number of amides is 1. The fraction of sp³-hybridized carbons (Fsp3) is 0.682. The molecule has 0 radical (unpaired) electrons. The molecule has 4 heteroatoms. The lowest BCUT2D eigenvalue weighted by Gasteiger charge is -2.39. The molecule has 0 saturated heterocycles. The van der Waals surface area contributed by atoms with Crippen LogP contribution in [0.5, 0.6) is 0 Å². The third kappa shape index (κ3) is 5.31. The van der Waals surface area contributed by atoms with Gasteiger partial charge in [0.25, 0.3) is 5.91 Å². The number of carbonyl (C=O) groups is 1. The second kappa shape index (κ2) is 9.52. The van der Waals surface area contributed by atoms with Crippen LogP contribution in [0.4, 0.5) is 0 Å². The summed E-state index contributed by atoms with van der Waals surface area (Å²) in [6, 6.07) is 7.98. The van der Waals surface area contributed by atoms with Gasteiger partial charge in [-0.25, -0.2) is 5.48 Å². The van der Waals surface area contributed by atoms with Crippen LogP contribution >= 0.6 is 0 Å². The molecular weight excluding hydrogens is 324 g/mol. The Morgan fingerprint density at radius 3 is 2.46 bits per heavy atom. The summed E-state index contributed by atoms with van der Waals surface area (Å²) in [6.07, 6.45) is 12.7. The maximum absolute atomic E-state index is 11.4. The van der Waals surface area contributed by atoms with Crippen LogP contribution < -0.4 is 10.8 Å². The minimum absolute atomic E-state index is 0.465. The average Bonchev–Trinajstić information content (AvgIpc) is 2.67. The Labute approximate surface area is 157 Å². The molecule has 2 aliphatic rings. The zero-order valence-electron chi connectivity index (χ0n) is 16.0. The van der Waals surface area contributed by atoms with Crippen molar-refractivity contribution in [2.45, 2.75) is 77.3 Å². The molecule has 4 nitrogen and oxygen atoms in total. The van der Waals surface area contributed by atoms with Crippen LogP contribution in [0.2, 0.25) is 0 Å². The summed E-state index contributed by atoms with van der Waals surface area (Å²) in [5, 5.41) is 12.4. The number of hydrogen-bond acceptors (Lipinski definition) is 3. The first-order valence-corrected chi connectivity index (χ1v) is 10.4. The highest BCUT2D eigenvalue weighted by Crippen LogP contribution is 2.43. The van der Waals surface area contributed by atoms with Gasteiger partial charge in [-0.05, 0) is 74.0 Å². The Kier molecular flexibility index (Phi) is 7.09. The maximum Gasteiger partial charge on any atom is 0.274 e. The van der Waals surface area contributed by atoms with Gasteiger partial charge in [-0.15, -0.1) is 0 Å². The fourth-order valence-electron chi connectivity index (χ4n) is 5.09. The average molecular weight is 359 g/mol. The molecule has 3 N–H and O–H groups in total. The maximum atomic E-state index is 11.4. The van der Waals surface area contributed by atoms with Gasteiger partial charge in [0.15, 0.2) is 0 Å². The molecule has 0 aliphatic heterocycles. The molecule has 1 aromatic rings. The van der Waals surface area contributed by atoms with E-state index in [1.165, 1.54) is 56.9 Å². The van der Waals surface area contributed by atoms with Crippen molar-refractivity contribution in [1.29, 1.82) is 0 Å². The van der Waals surface area contributed by atoms with Gasteiger partial charge in [-0.1, -0.05) is 38.3 Å². The van der Waals surface area contributed by atoms with E-state index < -0.39 is 5.91 Å². The topological polar surface area (TPSA) is 61.4 Å². The van der Waals surface area contributed by atoms with Crippen molar-refractivity contribution in [3.63, 3.8) is 0 Å². The molecule has 1 amide bonds. The Morgan fingerprint density at radius 1 is 1.15 bits per heavy atom. The van der Waals surface area contributed by atoms with Crippen LogP contribution in [0.25, 0.3) is 0 Å². The van der Waals surface area contributed by atoms with Gasteiger partial charge in [0.05, 0.1) is 0 Å². The quantitative estimate of drug-likeness (QED) is 0.467. The summed E-state index contributed by atoms with van der Waals surface area (Å²) in [5.74, 6) is 2.53. The number of fused-ring (bicyclic) bond motifs is 2. The van der Waals surface area contributed by atoms with E-state index in [4.69, 9.17) is 5.21 Å². The summed E-state index contributed by atoms with van der Waals surface area (Å²) >= 11 is 0. The van der Waals surface area contributed by atoms with Crippen molar-refractivity contribution in [2.24, 2.45) is 17.8 Å². The van der Waals surface area contributed by atoms with Crippen LogP contribution in [-0.2, 0) is 6.54 Å². The Hall–Kier alpha value is -1.39. The molecule has 3 rings (SSSR count). The zero-order valence-corrected chi connectivity index (χ0v) is 16.0. The van der Waals surface area contributed by atoms with Crippen molar-refractivity contribution < 1.29 is 10.0 Å². The number of hydroxylamine groups is 1. The van der Waals surface area contributed by atoms with E-state index >= 15 is 0 Å². The van der Waals surface area contributed by atoms with E-state index in [1.54, 1.807) is 17.6 Å². The van der Waals surface area contributed by atoms with E-state index in [1.807, 2.05) is 12.1 Å². The summed E-state index contributed by atoms with van der Waals surface area (Å²) in [6.45, 7) is 3.09. The van der Waals surface area contributed by atoms with E-state index in [-0.39, 0.29) is 0 Å². The molecule has 1 aromatic carbocycles. The standard InChI is InChI=1S/C22H34N2O2/c1-2-21(11-8-19-13-17-4-3-5-18(12-17)14-19)23-15-16-6-9-20(10-7-16)22(25)24-26/h6-7,9-10,17-19,21,23,26H,2-5,8,11-15H2,1H3,(H,24,25). The van der Waals surface area contributed by atoms with Crippen LogP contribution in [0, 0.1) is 17.8 Å².